The number of phosphoric ester groups is 1. The van der Waals surface area contributed by atoms with Crippen molar-refractivity contribution in [1.29, 1.82) is 0 Å². The van der Waals surface area contributed by atoms with Gasteiger partial charge < -0.3 is 20.1 Å². The molecular formula is C77H124NO8P. The maximum Gasteiger partial charge on any atom is 0.472 e. The molecule has 0 rings (SSSR count). The third kappa shape index (κ3) is 70.1. The molecule has 3 N–H and O–H groups in total. The number of allylic oxidation sites excluding steroid dienone is 30. The second-order valence-corrected chi connectivity index (χ2v) is 23.4. The highest BCUT2D eigenvalue weighted by Gasteiger charge is 2.26. The molecule has 0 aliphatic carbocycles. The molecule has 0 aromatic heterocycles. The zero-order chi connectivity index (χ0) is 63.0. The highest BCUT2D eigenvalue weighted by molar-refractivity contribution is 7.47. The molecule has 0 aromatic carbocycles. The first-order valence-corrected chi connectivity index (χ1v) is 35.8. The lowest BCUT2D eigenvalue weighted by molar-refractivity contribution is -0.161. The van der Waals surface area contributed by atoms with Crippen molar-refractivity contribution in [2.75, 3.05) is 26.4 Å². The van der Waals surface area contributed by atoms with Crippen LogP contribution >= 0.6 is 7.82 Å². The Morgan fingerprint density at radius 3 is 0.885 bits per heavy atom. The van der Waals surface area contributed by atoms with E-state index in [1.807, 2.05) is 0 Å². The number of unbranched alkanes of at least 4 members (excludes halogenated alkanes) is 19. The molecule has 0 radical (unpaired) electrons. The Bertz CT molecular complexity index is 2080. The number of rotatable bonds is 62. The predicted octanol–water partition coefficient (Wildman–Crippen LogP) is 22.7. The summed E-state index contributed by atoms with van der Waals surface area (Å²) in [6.45, 7) is 3.48. The zero-order valence-electron chi connectivity index (χ0n) is 54.9. The van der Waals surface area contributed by atoms with Crippen molar-refractivity contribution in [1.82, 2.24) is 0 Å². The summed E-state index contributed by atoms with van der Waals surface area (Å²) in [5, 5.41) is 0. The first-order valence-electron chi connectivity index (χ1n) is 34.3. The lowest BCUT2D eigenvalue weighted by Gasteiger charge is -2.19. The van der Waals surface area contributed by atoms with Crippen LogP contribution in [-0.4, -0.2) is 49.3 Å². The molecule has 2 unspecified atom stereocenters. The van der Waals surface area contributed by atoms with Gasteiger partial charge in [-0.1, -0.05) is 292 Å². The molecule has 9 nitrogen and oxygen atoms in total. The van der Waals surface area contributed by atoms with E-state index in [2.05, 4.69) is 196 Å². The van der Waals surface area contributed by atoms with Gasteiger partial charge in [-0.15, -0.1) is 0 Å². The first kappa shape index (κ1) is 82.1. The summed E-state index contributed by atoms with van der Waals surface area (Å²) in [6, 6.07) is 0. The van der Waals surface area contributed by atoms with Crippen LogP contribution in [0.3, 0.4) is 0 Å². The molecule has 0 amide bonds. The minimum Gasteiger partial charge on any atom is -0.462 e. The van der Waals surface area contributed by atoms with Gasteiger partial charge in [-0.3, -0.25) is 18.6 Å². The molecule has 0 saturated heterocycles. The Morgan fingerprint density at radius 2 is 0.598 bits per heavy atom. The summed E-state index contributed by atoms with van der Waals surface area (Å²) in [7, 11) is -4.41. The largest absolute Gasteiger partial charge is 0.472 e. The highest BCUT2D eigenvalue weighted by Crippen LogP contribution is 2.43. The molecule has 87 heavy (non-hydrogen) atoms. The Balaban J connectivity index is 4.02. The summed E-state index contributed by atoms with van der Waals surface area (Å²) in [5.74, 6) is -0.866. The van der Waals surface area contributed by atoms with Crippen LogP contribution in [-0.2, 0) is 32.7 Å². The fourth-order valence-corrected chi connectivity index (χ4v) is 9.57. The van der Waals surface area contributed by atoms with Gasteiger partial charge in [-0.05, 0) is 135 Å². The molecule has 2 atom stereocenters. The van der Waals surface area contributed by atoms with Crippen LogP contribution in [0.15, 0.2) is 182 Å². The third-order valence-corrected chi connectivity index (χ3v) is 14.8. The number of esters is 2. The van der Waals surface area contributed by atoms with Crippen LogP contribution in [0.25, 0.3) is 0 Å². The monoisotopic (exact) mass is 1220 g/mol. The number of carbonyl (C=O) groups excluding carboxylic acids is 2. The van der Waals surface area contributed by atoms with Crippen molar-refractivity contribution in [3.05, 3.63) is 182 Å². The third-order valence-electron chi connectivity index (χ3n) is 13.8. The van der Waals surface area contributed by atoms with Crippen molar-refractivity contribution in [3.63, 3.8) is 0 Å². The maximum atomic E-state index is 12.8. The Morgan fingerprint density at radius 1 is 0.345 bits per heavy atom. The molecule has 0 heterocycles. The maximum absolute atomic E-state index is 12.8. The molecule has 0 aromatic rings. The van der Waals surface area contributed by atoms with E-state index in [0.717, 1.165) is 141 Å². The number of hydrogen-bond acceptors (Lipinski definition) is 8. The first-order chi connectivity index (χ1) is 42.8. The van der Waals surface area contributed by atoms with E-state index >= 15 is 0 Å². The van der Waals surface area contributed by atoms with Gasteiger partial charge in [0.05, 0.1) is 13.2 Å². The van der Waals surface area contributed by atoms with Gasteiger partial charge >= 0.3 is 19.8 Å². The van der Waals surface area contributed by atoms with Gasteiger partial charge in [-0.2, -0.15) is 0 Å². The predicted molar refractivity (Wildman–Crippen MR) is 376 cm³/mol. The van der Waals surface area contributed by atoms with E-state index in [-0.39, 0.29) is 32.6 Å². The van der Waals surface area contributed by atoms with Crippen molar-refractivity contribution in [2.45, 2.75) is 264 Å². The molecule has 10 heteroatoms. The van der Waals surface area contributed by atoms with Crippen LogP contribution in [0.5, 0.6) is 0 Å². The SMILES string of the molecule is CC/C=C\C/C=C\C/C=C\C/C=C\C/C=C\C/C=C\C/C=C\C/C=C\C/C=C\C/C=C\CCCCCCC(=O)OC(COC(=O)CCCCCCCCCCCCCCCCC/C=C\C/C=C\C/C=C\C/C=C\C/C=C\CC)COP(=O)(O)OCCN. The van der Waals surface area contributed by atoms with Gasteiger partial charge in [0.15, 0.2) is 6.10 Å². The van der Waals surface area contributed by atoms with E-state index in [1.54, 1.807) is 0 Å². The minimum absolute atomic E-state index is 0.0398. The Hall–Kier alpha value is -4.89. The molecular weight excluding hydrogens is 1100 g/mol. The molecule has 0 fully saturated rings. The average molecular weight is 1220 g/mol. The number of hydrogen-bond donors (Lipinski definition) is 2. The van der Waals surface area contributed by atoms with Crippen molar-refractivity contribution < 1.29 is 37.6 Å². The Labute approximate surface area is 533 Å². The summed E-state index contributed by atoms with van der Waals surface area (Å²) in [5.41, 5.74) is 5.40. The van der Waals surface area contributed by atoms with E-state index < -0.39 is 32.5 Å². The van der Waals surface area contributed by atoms with Gasteiger partial charge in [0.1, 0.15) is 6.61 Å². The molecule has 0 bridgehead atoms. The van der Waals surface area contributed by atoms with Crippen LogP contribution < -0.4 is 5.73 Å². The minimum atomic E-state index is -4.41. The van der Waals surface area contributed by atoms with Crippen LogP contribution in [0.4, 0.5) is 0 Å². The van der Waals surface area contributed by atoms with Crippen molar-refractivity contribution in [3.8, 4) is 0 Å². The van der Waals surface area contributed by atoms with Gasteiger partial charge in [0, 0.05) is 19.4 Å². The van der Waals surface area contributed by atoms with Gasteiger partial charge in [-0.25, -0.2) is 4.57 Å². The van der Waals surface area contributed by atoms with E-state index in [4.69, 9.17) is 24.3 Å². The number of phosphoric acid groups is 1. The van der Waals surface area contributed by atoms with Crippen molar-refractivity contribution >= 4 is 19.8 Å². The molecule has 0 aliphatic heterocycles. The second kappa shape index (κ2) is 70.2. The van der Waals surface area contributed by atoms with E-state index in [0.29, 0.717) is 6.42 Å². The average Bonchev–Trinajstić information content (AvgIpc) is 3.64. The van der Waals surface area contributed by atoms with E-state index in [1.165, 1.54) is 83.5 Å². The Kier molecular flexibility index (Phi) is 66.3. The summed E-state index contributed by atoms with van der Waals surface area (Å²) >= 11 is 0. The van der Waals surface area contributed by atoms with Gasteiger partial charge in [0.2, 0.25) is 0 Å². The van der Waals surface area contributed by atoms with Crippen molar-refractivity contribution in [2.24, 2.45) is 5.73 Å². The summed E-state index contributed by atoms with van der Waals surface area (Å²) in [4.78, 5) is 35.3. The zero-order valence-corrected chi connectivity index (χ0v) is 55.8. The molecule has 0 spiro atoms. The standard InChI is InChI=1S/C77H124NO8P/c1-3-5-7-9-11-13-15-17-19-21-23-25-27-29-31-33-35-36-37-38-40-42-44-46-48-50-52-54-56-58-60-62-64-66-68-70-77(80)86-75(74-85-87(81,82)84-72-71-78)73-83-76(79)69-67-65-63-61-59-57-55-53-51-49-47-45-43-41-39-34-32-30-28-26-24-22-20-18-16-14-12-10-8-6-4-2/h5-8,11-14,17-20,23-26,29-32,35-36,38,40,44,46,50,52,56,58,75H,3-4,9-10,15-16,21-22,27-28,33-34,37,39,41-43,45,47-49,51,53-55,57,59-74,78H2,1-2H3,(H,81,82)/b7-5-,8-6-,13-11-,14-12-,19-17-,20-18-,25-23-,26-24-,31-29-,32-30-,36-35-,40-38-,46-44-,52-50-,58-56-. The fourth-order valence-electron chi connectivity index (χ4n) is 8.81. The van der Waals surface area contributed by atoms with E-state index in [9.17, 15) is 19.0 Å². The quantitative estimate of drug-likeness (QED) is 0.0264. The summed E-state index contributed by atoms with van der Waals surface area (Å²) in [6.07, 6.45) is 105. The molecule has 0 aliphatic rings. The topological polar surface area (TPSA) is 134 Å². The van der Waals surface area contributed by atoms with Crippen LogP contribution in [0.1, 0.15) is 258 Å². The second-order valence-electron chi connectivity index (χ2n) is 21.9. The molecule has 0 saturated carbocycles. The van der Waals surface area contributed by atoms with Gasteiger partial charge in [0.25, 0.3) is 0 Å². The lowest BCUT2D eigenvalue weighted by atomic mass is 10.0. The smallest absolute Gasteiger partial charge is 0.462 e. The van der Waals surface area contributed by atoms with Crippen LogP contribution in [0.2, 0.25) is 0 Å². The highest BCUT2D eigenvalue weighted by atomic mass is 31.2. The normalized spacial score (nSPS) is 14.1. The van der Waals surface area contributed by atoms with Crippen LogP contribution in [0, 0.1) is 0 Å². The molecule has 490 valence electrons. The summed E-state index contributed by atoms with van der Waals surface area (Å²) < 4.78 is 33.1. The number of nitrogens with two attached hydrogens (primary N) is 1. The fraction of sp³-hybridized carbons (Fsp3) is 0.584. The number of carbonyl (C=O) groups is 2. The number of ether oxygens (including phenoxy) is 2. The lowest BCUT2D eigenvalue weighted by Crippen LogP contribution is -2.29.